The third-order valence-electron chi connectivity index (χ3n) is 6.17. The van der Waals surface area contributed by atoms with Gasteiger partial charge in [0.1, 0.15) is 11.9 Å². The monoisotopic (exact) mass is 469 g/mol. The summed E-state index contributed by atoms with van der Waals surface area (Å²) in [6.07, 6.45) is 5.19. The van der Waals surface area contributed by atoms with Gasteiger partial charge in [0.2, 0.25) is 11.8 Å². The van der Waals surface area contributed by atoms with Crippen molar-refractivity contribution in [2.24, 2.45) is 5.73 Å². The highest BCUT2D eigenvalue weighted by Crippen LogP contribution is 2.42. The summed E-state index contributed by atoms with van der Waals surface area (Å²) >= 11 is 7.99. The molecule has 0 bridgehead atoms. The Morgan fingerprint density at radius 2 is 1.97 bits per heavy atom. The van der Waals surface area contributed by atoms with Gasteiger partial charge in [0.05, 0.1) is 16.8 Å². The fraction of sp³-hybridized carbons (Fsp3) is 0.375. The molecule has 1 aliphatic carbocycles. The van der Waals surface area contributed by atoms with Crippen LogP contribution in [0.3, 0.4) is 0 Å². The molecule has 1 aliphatic heterocycles. The number of fused-ring (bicyclic) bond motifs is 1. The van der Waals surface area contributed by atoms with Gasteiger partial charge in [-0.2, -0.15) is 0 Å². The molecule has 0 unspecified atom stereocenters. The summed E-state index contributed by atoms with van der Waals surface area (Å²) in [4.78, 5) is 30.9. The molecule has 0 radical (unpaired) electrons. The zero-order valence-electron chi connectivity index (χ0n) is 17.8. The van der Waals surface area contributed by atoms with E-state index in [9.17, 15) is 9.59 Å². The van der Waals surface area contributed by atoms with Crippen LogP contribution in [0.4, 0.5) is 0 Å². The lowest BCUT2D eigenvalue weighted by Crippen LogP contribution is -2.27. The maximum atomic E-state index is 12.1. The van der Waals surface area contributed by atoms with E-state index in [4.69, 9.17) is 22.1 Å². The summed E-state index contributed by atoms with van der Waals surface area (Å²) < 4.78 is 7.44. The van der Waals surface area contributed by atoms with Gasteiger partial charge in [0, 0.05) is 46.1 Å². The number of aryl methyl sites for hydroxylation is 1. The number of thiophene rings is 1. The molecule has 2 N–H and O–H groups in total. The zero-order valence-corrected chi connectivity index (χ0v) is 19.3. The average Bonchev–Trinajstić information content (AvgIpc) is 3.44. The van der Waals surface area contributed by atoms with Crippen LogP contribution >= 0.6 is 22.9 Å². The van der Waals surface area contributed by atoms with Crippen LogP contribution in [0.5, 0.6) is 5.75 Å². The number of amides is 2. The van der Waals surface area contributed by atoms with E-state index >= 15 is 0 Å². The number of nitrogens with two attached hydrogens (primary N) is 1. The van der Waals surface area contributed by atoms with Crippen LogP contribution in [0.15, 0.2) is 30.5 Å². The molecule has 166 valence electrons. The van der Waals surface area contributed by atoms with Crippen molar-refractivity contribution >= 4 is 45.0 Å². The van der Waals surface area contributed by atoms with E-state index in [-0.39, 0.29) is 30.5 Å². The van der Waals surface area contributed by atoms with Gasteiger partial charge < -0.3 is 10.5 Å². The first kappa shape index (κ1) is 21.4. The number of hydrogen-bond donors (Lipinski definition) is 1. The molecule has 5 rings (SSSR count). The van der Waals surface area contributed by atoms with Crippen molar-refractivity contribution in [2.45, 2.75) is 57.7 Å². The highest BCUT2D eigenvalue weighted by molar-refractivity contribution is 7.19. The molecule has 3 aromatic rings. The predicted octanol–water partition coefficient (Wildman–Crippen LogP) is 4.83. The molecular weight excluding hydrogens is 446 g/mol. The van der Waals surface area contributed by atoms with Gasteiger partial charge in [-0.05, 0) is 56.0 Å². The molecule has 2 amide bonds. The Hall–Kier alpha value is -2.48. The van der Waals surface area contributed by atoms with Gasteiger partial charge in [-0.15, -0.1) is 11.3 Å². The first-order chi connectivity index (χ1) is 15.4. The number of ether oxygens (including phenoxy) is 1. The van der Waals surface area contributed by atoms with Gasteiger partial charge >= 0.3 is 0 Å². The summed E-state index contributed by atoms with van der Waals surface area (Å²) in [7, 11) is 0. The first-order valence-electron chi connectivity index (χ1n) is 10.8. The molecule has 1 aromatic carbocycles. The van der Waals surface area contributed by atoms with Crippen molar-refractivity contribution in [2.75, 3.05) is 0 Å². The minimum absolute atomic E-state index is 0.0899. The van der Waals surface area contributed by atoms with Crippen LogP contribution in [0.25, 0.3) is 21.3 Å². The largest absolute Gasteiger partial charge is 0.489 e. The number of carbonyl (C=O) groups excluding carboxylic acids is 2. The molecule has 6 nitrogen and oxygen atoms in total. The van der Waals surface area contributed by atoms with Crippen molar-refractivity contribution in [3.63, 3.8) is 0 Å². The second kappa shape index (κ2) is 8.46. The molecule has 2 atom stereocenters. The minimum atomic E-state index is -0.114. The van der Waals surface area contributed by atoms with Crippen molar-refractivity contribution in [1.82, 2.24) is 9.88 Å². The number of hydrogen-bond acceptors (Lipinski definition) is 6. The number of likely N-dealkylation sites (tertiary alicyclic amines) is 1. The molecule has 8 heteroatoms. The van der Waals surface area contributed by atoms with E-state index in [0.29, 0.717) is 17.9 Å². The lowest BCUT2D eigenvalue weighted by atomic mass is 10.0. The van der Waals surface area contributed by atoms with E-state index in [0.717, 1.165) is 56.8 Å². The van der Waals surface area contributed by atoms with Crippen molar-refractivity contribution < 1.29 is 14.3 Å². The summed E-state index contributed by atoms with van der Waals surface area (Å²) in [5.41, 5.74) is 9.80. The molecule has 3 heterocycles. The number of imide groups is 1. The third kappa shape index (κ3) is 4.00. The zero-order chi connectivity index (χ0) is 22.4. The molecule has 2 aliphatic rings. The lowest BCUT2D eigenvalue weighted by Gasteiger charge is -2.20. The van der Waals surface area contributed by atoms with Gasteiger partial charge in [0.15, 0.2) is 0 Å². The molecule has 1 saturated carbocycles. The Bertz CT molecular complexity index is 1210. The summed E-state index contributed by atoms with van der Waals surface area (Å²) in [5.74, 6) is 0.592. The maximum absolute atomic E-state index is 12.1. The molecule has 1 saturated heterocycles. The molecule has 2 fully saturated rings. The summed E-state index contributed by atoms with van der Waals surface area (Å²) in [6, 6.07) is 7.95. The predicted molar refractivity (Wildman–Crippen MR) is 126 cm³/mol. The third-order valence-corrected chi connectivity index (χ3v) is 7.53. The fourth-order valence-electron chi connectivity index (χ4n) is 4.57. The van der Waals surface area contributed by atoms with Crippen LogP contribution in [0.1, 0.15) is 42.5 Å². The number of rotatable bonds is 5. The Kier molecular flexibility index (Phi) is 5.65. The number of carbonyl (C=O) groups is 2. The SMILES string of the molecule is Cc1cc(Cl)cc(-c2ccnc3cc(CN4C(=O)CCC4=O)sc23)c1O[C@H]1CC[C@H](N)C1. The summed E-state index contributed by atoms with van der Waals surface area (Å²) in [5, 5.41) is 0.642. The minimum Gasteiger partial charge on any atom is -0.489 e. The standard InChI is InChI=1S/C24H24ClN3O3S/c1-13-8-14(25)9-19(23(13)31-16-3-2-15(26)10-16)18-6-7-27-20-11-17(32-24(18)20)12-28-21(29)4-5-22(28)30/h6-9,11,15-16H,2-5,10,12,26H2,1H3/t15-,16-/m0/s1. The van der Waals surface area contributed by atoms with Crippen molar-refractivity contribution in [3.05, 3.63) is 45.9 Å². The smallest absolute Gasteiger partial charge is 0.230 e. The fourth-order valence-corrected chi connectivity index (χ4v) is 5.97. The molecule has 32 heavy (non-hydrogen) atoms. The van der Waals surface area contributed by atoms with E-state index < -0.39 is 0 Å². The van der Waals surface area contributed by atoms with Crippen molar-refractivity contribution in [1.29, 1.82) is 0 Å². The van der Waals surface area contributed by atoms with E-state index in [2.05, 4.69) is 4.98 Å². The molecular formula is C24H24ClN3O3S. The van der Waals surface area contributed by atoms with Crippen LogP contribution in [-0.2, 0) is 16.1 Å². The number of nitrogens with zero attached hydrogens (tertiary/aromatic N) is 2. The van der Waals surface area contributed by atoms with Gasteiger partial charge in [-0.3, -0.25) is 19.5 Å². The number of pyridine rings is 1. The van der Waals surface area contributed by atoms with Crippen LogP contribution < -0.4 is 10.5 Å². The second-order valence-electron chi connectivity index (χ2n) is 8.57. The van der Waals surface area contributed by atoms with Crippen LogP contribution in [-0.4, -0.2) is 33.8 Å². The average molecular weight is 470 g/mol. The first-order valence-corrected chi connectivity index (χ1v) is 12.0. The Morgan fingerprint density at radius 1 is 1.19 bits per heavy atom. The van der Waals surface area contributed by atoms with E-state index in [1.807, 2.05) is 31.2 Å². The highest BCUT2D eigenvalue weighted by Gasteiger charge is 2.30. The second-order valence-corrected chi connectivity index (χ2v) is 10.1. The van der Waals surface area contributed by atoms with Gasteiger partial charge in [0.25, 0.3) is 0 Å². The van der Waals surface area contributed by atoms with E-state index in [1.165, 1.54) is 4.90 Å². The van der Waals surface area contributed by atoms with Gasteiger partial charge in [-0.1, -0.05) is 11.6 Å². The maximum Gasteiger partial charge on any atom is 0.230 e. The quantitative estimate of drug-likeness (QED) is 0.541. The topological polar surface area (TPSA) is 85.5 Å². The van der Waals surface area contributed by atoms with Gasteiger partial charge in [-0.25, -0.2) is 0 Å². The Morgan fingerprint density at radius 3 is 2.69 bits per heavy atom. The Balaban J connectivity index is 1.55. The highest BCUT2D eigenvalue weighted by atomic mass is 35.5. The van der Waals surface area contributed by atoms with E-state index in [1.54, 1.807) is 17.5 Å². The van der Waals surface area contributed by atoms with Crippen LogP contribution in [0, 0.1) is 6.92 Å². The number of halogens is 1. The lowest BCUT2D eigenvalue weighted by molar-refractivity contribution is -0.138. The normalized spacial score (nSPS) is 21.2. The van der Waals surface area contributed by atoms with Crippen LogP contribution in [0.2, 0.25) is 5.02 Å². The van der Waals surface area contributed by atoms with Crippen molar-refractivity contribution in [3.8, 4) is 16.9 Å². The molecule has 0 spiro atoms. The molecule has 2 aromatic heterocycles. The number of aromatic nitrogens is 1. The Labute approximate surface area is 195 Å². The summed E-state index contributed by atoms with van der Waals surface area (Å²) in [6.45, 7) is 2.29. The number of benzene rings is 1.